The number of carboxylic acid groups (broad SMARTS) is 1. The fourth-order valence-electron chi connectivity index (χ4n) is 1.54. The smallest absolute Gasteiger partial charge is 0.307 e. The molecular weight excluding hydrogens is 252 g/mol. The molecule has 0 aliphatic carbocycles. The van der Waals surface area contributed by atoms with Crippen LogP contribution in [0.4, 0.5) is 0 Å². The van der Waals surface area contributed by atoms with E-state index in [1.807, 2.05) is 30.3 Å². The zero-order valence-corrected chi connectivity index (χ0v) is 10.2. The second-order valence-electron chi connectivity index (χ2n) is 3.74. The van der Waals surface area contributed by atoms with Gasteiger partial charge in [0.1, 0.15) is 11.5 Å². The van der Waals surface area contributed by atoms with E-state index in [0.29, 0.717) is 22.1 Å². The number of carbonyl (C=O) groups is 1. The van der Waals surface area contributed by atoms with Crippen molar-refractivity contribution in [3.8, 4) is 11.5 Å². The molecular formula is C14H11ClO3. The van der Waals surface area contributed by atoms with Gasteiger partial charge in [0.15, 0.2) is 0 Å². The topological polar surface area (TPSA) is 46.5 Å². The van der Waals surface area contributed by atoms with E-state index in [1.165, 1.54) is 0 Å². The minimum Gasteiger partial charge on any atom is -0.481 e. The maximum Gasteiger partial charge on any atom is 0.307 e. The molecule has 0 saturated carbocycles. The SMILES string of the molecule is O=C(O)Cc1cc(Oc2ccccc2)ccc1Cl. The molecule has 0 aliphatic heterocycles. The van der Waals surface area contributed by atoms with E-state index in [4.69, 9.17) is 21.4 Å². The third kappa shape index (κ3) is 3.25. The molecule has 0 bridgehead atoms. The Morgan fingerprint density at radius 3 is 2.50 bits per heavy atom. The monoisotopic (exact) mass is 262 g/mol. The molecule has 0 spiro atoms. The number of ether oxygens (including phenoxy) is 1. The van der Waals surface area contributed by atoms with Gasteiger partial charge in [-0.3, -0.25) is 4.79 Å². The highest BCUT2D eigenvalue weighted by atomic mass is 35.5. The molecule has 0 unspecified atom stereocenters. The average Bonchev–Trinajstić information content (AvgIpc) is 2.34. The molecule has 2 rings (SSSR count). The van der Waals surface area contributed by atoms with E-state index in [-0.39, 0.29) is 6.42 Å². The molecule has 0 aliphatic rings. The number of halogens is 1. The van der Waals surface area contributed by atoms with Crippen LogP contribution < -0.4 is 4.74 Å². The minimum absolute atomic E-state index is 0.120. The summed E-state index contributed by atoms with van der Waals surface area (Å²) in [5.74, 6) is 0.344. The summed E-state index contributed by atoms with van der Waals surface area (Å²) in [5, 5.41) is 9.20. The van der Waals surface area contributed by atoms with Crippen LogP contribution in [-0.2, 0) is 11.2 Å². The van der Waals surface area contributed by atoms with Crippen molar-refractivity contribution in [1.29, 1.82) is 0 Å². The second-order valence-corrected chi connectivity index (χ2v) is 4.15. The molecule has 3 nitrogen and oxygen atoms in total. The molecule has 0 fully saturated rings. The van der Waals surface area contributed by atoms with Crippen molar-refractivity contribution in [1.82, 2.24) is 0 Å². The Balaban J connectivity index is 2.22. The lowest BCUT2D eigenvalue weighted by atomic mass is 10.1. The van der Waals surface area contributed by atoms with Gasteiger partial charge in [-0.1, -0.05) is 29.8 Å². The minimum atomic E-state index is -0.922. The van der Waals surface area contributed by atoms with Gasteiger partial charge in [-0.2, -0.15) is 0 Å². The Hall–Kier alpha value is -2.00. The Kier molecular flexibility index (Phi) is 3.85. The van der Waals surface area contributed by atoms with Gasteiger partial charge in [-0.25, -0.2) is 0 Å². The first-order valence-electron chi connectivity index (χ1n) is 5.38. The number of aliphatic carboxylic acids is 1. The maximum absolute atomic E-state index is 10.7. The van der Waals surface area contributed by atoms with E-state index in [2.05, 4.69) is 0 Å². The molecule has 4 heteroatoms. The summed E-state index contributed by atoms with van der Waals surface area (Å²) >= 11 is 5.92. The third-order valence-electron chi connectivity index (χ3n) is 2.34. The molecule has 2 aromatic carbocycles. The van der Waals surface area contributed by atoms with Crippen LogP contribution in [0.5, 0.6) is 11.5 Å². The van der Waals surface area contributed by atoms with Gasteiger partial charge in [0.2, 0.25) is 0 Å². The van der Waals surface area contributed by atoms with Crippen molar-refractivity contribution in [3.63, 3.8) is 0 Å². The van der Waals surface area contributed by atoms with E-state index >= 15 is 0 Å². The summed E-state index contributed by atoms with van der Waals surface area (Å²) in [5.41, 5.74) is 0.539. The normalized spacial score (nSPS) is 10.1. The van der Waals surface area contributed by atoms with Crippen molar-refractivity contribution < 1.29 is 14.6 Å². The highest BCUT2D eigenvalue weighted by molar-refractivity contribution is 6.31. The lowest BCUT2D eigenvalue weighted by molar-refractivity contribution is -0.136. The molecule has 0 aromatic heterocycles. The number of hydrogen-bond acceptors (Lipinski definition) is 2. The standard InChI is InChI=1S/C14H11ClO3/c15-13-7-6-12(8-10(13)9-14(16)17)18-11-4-2-1-3-5-11/h1-8H,9H2,(H,16,17). The summed E-state index contributed by atoms with van der Waals surface area (Å²) in [6.45, 7) is 0. The first-order valence-corrected chi connectivity index (χ1v) is 5.76. The molecule has 18 heavy (non-hydrogen) atoms. The molecule has 0 atom stereocenters. The van der Waals surface area contributed by atoms with Gasteiger partial charge in [-0.05, 0) is 35.9 Å². The molecule has 0 amide bonds. The fraction of sp³-hybridized carbons (Fsp3) is 0.0714. The first kappa shape index (κ1) is 12.5. The van der Waals surface area contributed by atoms with Gasteiger partial charge in [-0.15, -0.1) is 0 Å². The lowest BCUT2D eigenvalue weighted by Gasteiger charge is -2.08. The number of benzene rings is 2. The predicted molar refractivity (Wildman–Crippen MR) is 69.3 cm³/mol. The molecule has 92 valence electrons. The zero-order valence-electron chi connectivity index (χ0n) is 9.47. The number of para-hydroxylation sites is 1. The van der Waals surface area contributed by atoms with Gasteiger partial charge < -0.3 is 9.84 Å². The molecule has 1 N–H and O–H groups in total. The van der Waals surface area contributed by atoms with Crippen LogP contribution in [0.2, 0.25) is 5.02 Å². The molecule has 0 heterocycles. The van der Waals surface area contributed by atoms with Crippen molar-refractivity contribution in [2.24, 2.45) is 0 Å². The van der Waals surface area contributed by atoms with Crippen LogP contribution in [0.1, 0.15) is 5.56 Å². The van der Waals surface area contributed by atoms with Crippen LogP contribution in [0.3, 0.4) is 0 Å². The predicted octanol–water partition coefficient (Wildman–Crippen LogP) is 3.76. The van der Waals surface area contributed by atoms with Gasteiger partial charge in [0, 0.05) is 5.02 Å². The van der Waals surface area contributed by atoms with Crippen molar-refractivity contribution >= 4 is 17.6 Å². The van der Waals surface area contributed by atoms with E-state index in [9.17, 15) is 4.79 Å². The fourth-order valence-corrected chi connectivity index (χ4v) is 1.72. The number of hydrogen-bond donors (Lipinski definition) is 1. The summed E-state index contributed by atoms with van der Waals surface area (Å²) in [6, 6.07) is 14.3. The highest BCUT2D eigenvalue weighted by Crippen LogP contribution is 2.26. The zero-order chi connectivity index (χ0) is 13.0. The quantitative estimate of drug-likeness (QED) is 0.913. The van der Waals surface area contributed by atoms with Crippen molar-refractivity contribution in [3.05, 3.63) is 59.1 Å². The molecule has 2 aromatic rings. The summed E-state index contributed by atoms with van der Waals surface area (Å²) < 4.78 is 5.60. The average molecular weight is 263 g/mol. The van der Waals surface area contributed by atoms with Crippen LogP contribution in [0, 0.1) is 0 Å². The third-order valence-corrected chi connectivity index (χ3v) is 2.71. The Labute approximate surface area is 110 Å². The number of carboxylic acids is 1. The van der Waals surface area contributed by atoms with Crippen LogP contribution >= 0.6 is 11.6 Å². The van der Waals surface area contributed by atoms with Gasteiger partial charge in [0.05, 0.1) is 6.42 Å². The van der Waals surface area contributed by atoms with E-state index in [1.54, 1.807) is 18.2 Å². The highest BCUT2D eigenvalue weighted by Gasteiger charge is 2.07. The Bertz CT molecular complexity index is 552. The van der Waals surface area contributed by atoms with Crippen LogP contribution in [0.15, 0.2) is 48.5 Å². The summed E-state index contributed by atoms with van der Waals surface area (Å²) in [4.78, 5) is 10.7. The number of rotatable bonds is 4. The largest absolute Gasteiger partial charge is 0.481 e. The van der Waals surface area contributed by atoms with Crippen LogP contribution in [-0.4, -0.2) is 11.1 Å². The van der Waals surface area contributed by atoms with Crippen LogP contribution in [0.25, 0.3) is 0 Å². The van der Waals surface area contributed by atoms with Gasteiger partial charge >= 0.3 is 5.97 Å². The van der Waals surface area contributed by atoms with Crippen molar-refractivity contribution in [2.45, 2.75) is 6.42 Å². The lowest BCUT2D eigenvalue weighted by Crippen LogP contribution is -2.00. The van der Waals surface area contributed by atoms with E-state index in [0.717, 1.165) is 0 Å². The summed E-state index contributed by atoms with van der Waals surface area (Å²) in [7, 11) is 0. The van der Waals surface area contributed by atoms with E-state index < -0.39 is 5.97 Å². The van der Waals surface area contributed by atoms with Gasteiger partial charge in [0.25, 0.3) is 0 Å². The molecule has 0 saturated heterocycles. The maximum atomic E-state index is 10.7. The Morgan fingerprint density at radius 1 is 1.11 bits per heavy atom. The Morgan fingerprint density at radius 2 is 1.83 bits per heavy atom. The second kappa shape index (κ2) is 5.56. The first-order chi connectivity index (χ1) is 8.65. The summed E-state index contributed by atoms with van der Waals surface area (Å²) in [6.07, 6.45) is -0.120. The molecule has 0 radical (unpaired) electrons. The van der Waals surface area contributed by atoms with Crippen molar-refractivity contribution in [2.75, 3.05) is 0 Å².